The molecule has 0 spiro atoms. The average molecular weight is 342 g/mol. The van der Waals surface area contributed by atoms with E-state index in [9.17, 15) is 4.79 Å². The topological polar surface area (TPSA) is 112 Å². The van der Waals surface area contributed by atoms with Crippen molar-refractivity contribution >= 4 is 23.2 Å². The third-order valence-corrected chi connectivity index (χ3v) is 4.22. The molecule has 2 aromatic rings. The number of nitrogens with zero attached hydrogens (tertiary/aromatic N) is 5. The molecule has 0 atom stereocenters. The number of aromatic nitrogens is 3. The Balaban J connectivity index is 1.66. The number of nitrogens with two attached hydrogens (primary N) is 1. The summed E-state index contributed by atoms with van der Waals surface area (Å²) in [5.41, 5.74) is 12.5. The van der Waals surface area contributed by atoms with Crippen molar-refractivity contribution in [2.75, 3.05) is 48.8 Å². The fourth-order valence-electron chi connectivity index (χ4n) is 2.71. The van der Waals surface area contributed by atoms with E-state index in [1.54, 1.807) is 24.5 Å². The Hall–Kier alpha value is -2.94. The van der Waals surface area contributed by atoms with E-state index < -0.39 is 0 Å². The Bertz CT molecular complexity index is 715. The Labute approximate surface area is 146 Å². The molecule has 1 saturated heterocycles. The summed E-state index contributed by atoms with van der Waals surface area (Å²) in [7, 11) is 0. The SMILES string of the molecule is CCN1CCN(c2ncnc(NNC(=O)c3ccncc3)c2N)CC1. The molecule has 1 aliphatic heterocycles. The number of carbonyl (C=O) groups excluding carboxylic acids is 1. The Morgan fingerprint density at radius 2 is 1.92 bits per heavy atom. The number of nitrogens with one attached hydrogen (secondary N) is 2. The molecule has 9 heteroatoms. The molecule has 0 saturated carbocycles. The Kier molecular flexibility index (Phi) is 5.24. The Morgan fingerprint density at radius 1 is 1.20 bits per heavy atom. The predicted molar refractivity (Wildman–Crippen MR) is 96.1 cm³/mol. The number of hydrogen-bond donors (Lipinski definition) is 3. The highest BCUT2D eigenvalue weighted by molar-refractivity contribution is 5.95. The van der Waals surface area contributed by atoms with Crippen molar-refractivity contribution in [1.29, 1.82) is 0 Å². The summed E-state index contributed by atoms with van der Waals surface area (Å²) in [6, 6.07) is 3.25. The van der Waals surface area contributed by atoms with Gasteiger partial charge in [0.25, 0.3) is 5.91 Å². The third kappa shape index (κ3) is 3.94. The van der Waals surface area contributed by atoms with Crippen LogP contribution in [-0.2, 0) is 0 Å². The van der Waals surface area contributed by atoms with E-state index in [-0.39, 0.29) is 5.91 Å². The summed E-state index contributed by atoms with van der Waals surface area (Å²) in [6.45, 7) is 6.86. The van der Waals surface area contributed by atoms with Crippen LogP contribution in [0.1, 0.15) is 17.3 Å². The quantitative estimate of drug-likeness (QED) is 0.668. The van der Waals surface area contributed by atoms with Gasteiger partial charge in [-0.3, -0.25) is 20.6 Å². The lowest BCUT2D eigenvalue weighted by molar-refractivity contribution is 0.0962. The van der Waals surface area contributed by atoms with E-state index >= 15 is 0 Å². The molecule has 0 unspecified atom stereocenters. The normalized spacial score (nSPS) is 15.0. The van der Waals surface area contributed by atoms with E-state index in [1.807, 2.05) is 0 Å². The molecule has 0 radical (unpaired) electrons. The molecule has 3 rings (SSSR count). The summed E-state index contributed by atoms with van der Waals surface area (Å²) < 4.78 is 0. The molecule has 3 heterocycles. The zero-order valence-electron chi connectivity index (χ0n) is 14.1. The maximum Gasteiger partial charge on any atom is 0.269 e. The van der Waals surface area contributed by atoms with Crippen LogP contribution in [0.3, 0.4) is 0 Å². The van der Waals surface area contributed by atoms with Gasteiger partial charge in [-0.2, -0.15) is 0 Å². The van der Waals surface area contributed by atoms with Gasteiger partial charge >= 0.3 is 0 Å². The zero-order chi connectivity index (χ0) is 17.6. The summed E-state index contributed by atoms with van der Waals surface area (Å²) >= 11 is 0. The summed E-state index contributed by atoms with van der Waals surface area (Å²) in [5, 5.41) is 0. The molecular weight excluding hydrogens is 320 g/mol. The van der Waals surface area contributed by atoms with Crippen LogP contribution >= 0.6 is 0 Å². The lowest BCUT2D eigenvalue weighted by Gasteiger charge is -2.35. The number of amides is 1. The molecular formula is C16H22N8O. The van der Waals surface area contributed by atoms with Crippen molar-refractivity contribution in [2.45, 2.75) is 6.92 Å². The largest absolute Gasteiger partial charge is 0.393 e. The van der Waals surface area contributed by atoms with Gasteiger partial charge in [-0.15, -0.1) is 0 Å². The second-order valence-electron chi connectivity index (χ2n) is 5.70. The number of nitrogen functional groups attached to an aromatic ring is 1. The van der Waals surface area contributed by atoms with Gasteiger partial charge in [0.2, 0.25) is 0 Å². The van der Waals surface area contributed by atoms with Crippen molar-refractivity contribution in [1.82, 2.24) is 25.3 Å². The first-order valence-electron chi connectivity index (χ1n) is 8.23. The minimum atomic E-state index is -0.293. The number of carbonyl (C=O) groups is 1. The molecule has 25 heavy (non-hydrogen) atoms. The van der Waals surface area contributed by atoms with Crippen LogP contribution in [0.2, 0.25) is 0 Å². The van der Waals surface area contributed by atoms with E-state index in [1.165, 1.54) is 6.33 Å². The highest BCUT2D eigenvalue weighted by atomic mass is 16.2. The molecule has 132 valence electrons. The minimum absolute atomic E-state index is 0.293. The lowest BCUT2D eigenvalue weighted by Crippen LogP contribution is -2.46. The van der Waals surface area contributed by atoms with Gasteiger partial charge in [0.1, 0.15) is 12.0 Å². The predicted octanol–water partition coefficient (Wildman–Crippen LogP) is 0.353. The van der Waals surface area contributed by atoms with Crippen LogP contribution in [0.4, 0.5) is 17.3 Å². The number of pyridine rings is 1. The van der Waals surface area contributed by atoms with Gasteiger partial charge in [0.05, 0.1) is 0 Å². The van der Waals surface area contributed by atoms with Crippen LogP contribution in [0.15, 0.2) is 30.9 Å². The monoisotopic (exact) mass is 342 g/mol. The molecule has 0 bridgehead atoms. The molecule has 2 aromatic heterocycles. The molecule has 0 aromatic carbocycles. The highest BCUT2D eigenvalue weighted by Crippen LogP contribution is 2.26. The second-order valence-corrected chi connectivity index (χ2v) is 5.70. The van der Waals surface area contributed by atoms with Crippen LogP contribution < -0.4 is 21.5 Å². The fourth-order valence-corrected chi connectivity index (χ4v) is 2.71. The van der Waals surface area contributed by atoms with Crippen molar-refractivity contribution in [3.05, 3.63) is 36.4 Å². The second kappa shape index (κ2) is 7.75. The van der Waals surface area contributed by atoms with Crippen molar-refractivity contribution < 1.29 is 4.79 Å². The number of piperazine rings is 1. The minimum Gasteiger partial charge on any atom is -0.393 e. The number of hydrazine groups is 1. The van der Waals surface area contributed by atoms with E-state index in [0.717, 1.165) is 32.7 Å². The van der Waals surface area contributed by atoms with Crippen LogP contribution in [-0.4, -0.2) is 58.5 Å². The Morgan fingerprint density at radius 3 is 2.60 bits per heavy atom. The van der Waals surface area contributed by atoms with Gasteiger partial charge in [0, 0.05) is 44.1 Å². The van der Waals surface area contributed by atoms with Gasteiger partial charge < -0.3 is 15.5 Å². The first kappa shape index (κ1) is 16.9. The smallest absolute Gasteiger partial charge is 0.269 e. The van der Waals surface area contributed by atoms with Gasteiger partial charge in [0.15, 0.2) is 11.6 Å². The molecule has 9 nitrogen and oxygen atoms in total. The zero-order valence-corrected chi connectivity index (χ0v) is 14.1. The molecule has 1 aliphatic rings. The number of hydrogen-bond acceptors (Lipinski definition) is 8. The summed E-state index contributed by atoms with van der Waals surface area (Å²) in [4.78, 5) is 28.9. The fraction of sp³-hybridized carbons (Fsp3) is 0.375. The molecule has 4 N–H and O–H groups in total. The maximum absolute atomic E-state index is 12.1. The van der Waals surface area contributed by atoms with Crippen LogP contribution in [0.5, 0.6) is 0 Å². The van der Waals surface area contributed by atoms with Crippen molar-refractivity contribution in [2.24, 2.45) is 0 Å². The van der Waals surface area contributed by atoms with E-state index in [0.29, 0.717) is 22.9 Å². The lowest BCUT2D eigenvalue weighted by atomic mass is 10.2. The van der Waals surface area contributed by atoms with Gasteiger partial charge in [-0.05, 0) is 18.7 Å². The van der Waals surface area contributed by atoms with Crippen molar-refractivity contribution in [3.8, 4) is 0 Å². The third-order valence-electron chi connectivity index (χ3n) is 4.22. The molecule has 1 fully saturated rings. The number of rotatable bonds is 5. The molecule has 1 amide bonds. The van der Waals surface area contributed by atoms with Gasteiger partial charge in [-0.1, -0.05) is 6.92 Å². The van der Waals surface area contributed by atoms with Crippen molar-refractivity contribution in [3.63, 3.8) is 0 Å². The average Bonchev–Trinajstić information content (AvgIpc) is 2.68. The van der Waals surface area contributed by atoms with Crippen LogP contribution in [0, 0.1) is 0 Å². The maximum atomic E-state index is 12.1. The van der Waals surface area contributed by atoms with E-state index in [2.05, 4.69) is 42.5 Å². The first-order valence-corrected chi connectivity index (χ1v) is 8.23. The molecule has 0 aliphatic carbocycles. The number of anilines is 3. The first-order chi connectivity index (χ1) is 12.2. The van der Waals surface area contributed by atoms with Gasteiger partial charge in [-0.25, -0.2) is 9.97 Å². The highest BCUT2D eigenvalue weighted by Gasteiger charge is 2.20. The standard InChI is InChI=1S/C16H22N8O/c1-2-23-7-9-24(10-8-23)15-13(17)14(19-11-20-15)21-22-16(25)12-3-5-18-6-4-12/h3-6,11H,2,7-10,17H2,1H3,(H,22,25)(H,19,20,21). The number of likely N-dealkylation sites (N-methyl/N-ethyl adjacent to an activating group) is 1. The van der Waals surface area contributed by atoms with Crippen LogP contribution in [0.25, 0.3) is 0 Å². The summed E-state index contributed by atoms with van der Waals surface area (Å²) in [6.07, 6.45) is 4.56. The summed E-state index contributed by atoms with van der Waals surface area (Å²) in [5.74, 6) is 0.773. The van der Waals surface area contributed by atoms with E-state index in [4.69, 9.17) is 5.73 Å².